The van der Waals surface area contributed by atoms with E-state index in [2.05, 4.69) is 78.0 Å². The van der Waals surface area contributed by atoms with Crippen LogP contribution in [0, 0.1) is 16.4 Å². The molecule has 0 fully saturated rings. The fourth-order valence-corrected chi connectivity index (χ4v) is 2.72. The number of nitrogens with two attached hydrogens (primary N) is 1. The zero-order valence-electron chi connectivity index (χ0n) is 11.3. The molecule has 1 nitrogen and oxygen atoms in total. The highest BCUT2D eigenvalue weighted by Crippen LogP contribution is 2.16. The summed E-state index contributed by atoms with van der Waals surface area (Å²) in [5.74, 6) is 0.516. The average molecular weight is 365 g/mol. The summed E-state index contributed by atoms with van der Waals surface area (Å²) in [7, 11) is 0. The lowest BCUT2D eigenvalue weighted by atomic mass is 9.92. The van der Waals surface area contributed by atoms with Gasteiger partial charge in [-0.3, -0.25) is 0 Å². The van der Waals surface area contributed by atoms with Crippen LogP contribution in [0.2, 0.25) is 0 Å². The summed E-state index contributed by atoms with van der Waals surface area (Å²) >= 11 is 2.34. The maximum atomic E-state index is 5.93. The first-order valence-electron chi connectivity index (χ1n) is 6.67. The molecule has 0 saturated heterocycles. The number of hydrogen-bond donors (Lipinski definition) is 1. The van der Waals surface area contributed by atoms with Gasteiger partial charge in [0.1, 0.15) is 0 Å². The van der Waals surface area contributed by atoms with E-state index in [9.17, 15) is 0 Å². The monoisotopic (exact) mass is 365 g/mol. The fraction of sp³-hybridized carbons (Fsp3) is 0.294. The lowest BCUT2D eigenvalue weighted by Crippen LogP contribution is -2.19. The largest absolute Gasteiger partial charge is 0.330 e. The maximum absolute atomic E-state index is 5.93. The van der Waals surface area contributed by atoms with Gasteiger partial charge in [-0.25, -0.2) is 0 Å². The molecule has 2 rings (SSSR count). The molecule has 2 aromatic rings. The van der Waals surface area contributed by atoms with Crippen molar-refractivity contribution in [2.24, 2.45) is 11.7 Å². The van der Waals surface area contributed by atoms with Gasteiger partial charge in [0.05, 0.1) is 0 Å². The Morgan fingerprint density at radius 1 is 1.00 bits per heavy atom. The summed E-state index contributed by atoms with van der Waals surface area (Å²) in [5.41, 5.74) is 10.0. The Morgan fingerprint density at radius 2 is 1.68 bits per heavy atom. The smallest absolute Gasteiger partial charge is 0.0130 e. The van der Waals surface area contributed by atoms with Gasteiger partial charge in [-0.1, -0.05) is 42.0 Å². The van der Waals surface area contributed by atoms with Crippen LogP contribution in [0.4, 0.5) is 0 Å². The van der Waals surface area contributed by atoms with E-state index in [0.717, 1.165) is 19.4 Å². The second-order valence-electron chi connectivity index (χ2n) is 5.13. The van der Waals surface area contributed by atoms with Crippen molar-refractivity contribution >= 4 is 22.6 Å². The topological polar surface area (TPSA) is 26.0 Å². The molecular weight excluding hydrogens is 345 g/mol. The molecule has 100 valence electrons. The molecule has 0 aliphatic rings. The maximum Gasteiger partial charge on any atom is 0.0130 e. The van der Waals surface area contributed by atoms with Gasteiger partial charge in [-0.2, -0.15) is 0 Å². The molecule has 0 saturated carbocycles. The first-order valence-corrected chi connectivity index (χ1v) is 7.75. The average Bonchev–Trinajstić information content (AvgIpc) is 2.40. The molecule has 0 bridgehead atoms. The van der Waals surface area contributed by atoms with Gasteiger partial charge >= 0.3 is 0 Å². The number of hydrogen-bond acceptors (Lipinski definition) is 1. The highest BCUT2D eigenvalue weighted by atomic mass is 127. The first kappa shape index (κ1) is 14.5. The van der Waals surface area contributed by atoms with E-state index in [1.807, 2.05) is 0 Å². The second kappa shape index (κ2) is 7.06. The minimum Gasteiger partial charge on any atom is -0.330 e. The molecule has 0 heterocycles. The summed E-state index contributed by atoms with van der Waals surface area (Å²) < 4.78 is 1.28. The molecule has 1 unspecified atom stereocenters. The zero-order chi connectivity index (χ0) is 13.7. The Bertz CT molecular complexity index is 519. The van der Waals surface area contributed by atoms with Crippen molar-refractivity contribution in [2.45, 2.75) is 19.8 Å². The minimum absolute atomic E-state index is 0.516. The van der Waals surface area contributed by atoms with E-state index in [1.165, 1.54) is 20.3 Å². The molecule has 2 aromatic carbocycles. The van der Waals surface area contributed by atoms with Gasteiger partial charge in [0.2, 0.25) is 0 Å². The summed E-state index contributed by atoms with van der Waals surface area (Å²) in [6, 6.07) is 17.5. The van der Waals surface area contributed by atoms with E-state index in [0.29, 0.717) is 5.92 Å². The second-order valence-corrected chi connectivity index (χ2v) is 6.37. The molecule has 2 heteroatoms. The molecule has 1 atom stereocenters. The fourth-order valence-electron chi connectivity index (χ4n) is 2.37. The molecule has 0 radical (unpaired) electrons. The number of benzene rings is 2. The van der Waals surface area contributed by atoms with Crippen LogP contribution in [0.1, 0.15) is 16.7 Å². The van der Waals surface area contributed by atoms with Crippen LogP contribution in [0.3, 0.4) is 0 Å². The van der Waals surface area contributed by atoms with Crippen LogP contribution in [-0.2, 0) is 12.8 Å². The number of halogens is 1. The summed E-state index contributed by atoms with van der Waals surface area (Å²) in [4.78, 5) is 0. The van der Waals surface area contributed by atoms with Gasteiger partial charge in [-0.15, -0.1) is 0 Å². The van der Waals surface area contributed by atoms with Crippen molar-refractivity contribution in [1.82, 2.24) is 0 Å². The summed E-state index contributed by atoms with van der Waals surface area (Å²) in [6.07, 6.45) is 2.12. The number of aryl methyl sites for hydroxylation is 1. The molecule has 0 aliphatic carbocycles. The summed E-state index contributed by atoms with van der Waals surface area (Å²) in [6.45, 7) is 2.88. The standard InChI is InChI=1S/C17H20IN/c1-13-3-2-4-15(9-13)11-16(12-19)10-14-5-7-17(18)8-6-14/h2-9,16H,10-12,19H2,1H3. The van der Waals surface area contributed by atoms with E-state index in [-0.39, 0.29) is 0 Å². The molecule has 0 aliphatic heterocycles. The summed E-state index contributed by atoms with van der Waals surface area (Å²) in [5, 5.41) is 0. The third-order valence-electron chi connectivity index (χ3n) is 3.38. The first-order chi connectivity index (χ1) is 9.17. The van der Waals surface area contributed by atoms with Crippen LogP contribution in [-0.4, -0.2) is 6.54 Å². The lowest BCUT2D eigenvalue weighted by Gasteiger charge is -2.15. The van der Waals surface area contributed by atoms with Gasteiger partial charge < -0.3 is 5.73 Å². The predicted octanol–water partition coefficient (Wildman–Crippen LogP) is 3.96. The number of rotatable bonds is 5. The molecule has 0 aromatic heterocycles. The molecule has 2 N–H and O–H groups in total. The van der Waals surface area contributed by atoms with E-state index in [1.54, 1.807) is 0 Å². The predicted molar refractivity (Wildman–Crippen MR) is 90.3 cm³/mol. The molecule has 19 heavy (non-hydrogen) atoms. The highest BCUT2D eigenvalue weighted by Gasteiger charge is 2.09. The zero-order valence-corrected chi connectivity index (χ0v) is 13.4. The van der Waals surface area contributed by atoms with Crippen molar-refractivity contribution in [1.29, 1.82) is 0 Å². The normalized spacial score (nSPS) is 12.4. The Hall–Kier alpha value is -0.870. The Balaban J connectivity index is 2.02. The van der Waals surface area contributed by atoms with E-state index >= 15 is 0 Å². The van der Waals surface area contributed by atoms with Crippen LogP contribution < -0.4 is 5.73 Å². The van der Waals surface area contributed by atoms with Gasteiger partial charge in [0, 0.05) is 3.57 Å². The van der Waals surface area contributed by atoms with Crippen molar-refractivity contribution in [3.05, 3.63) is 68.8 Å². The Kier molecular flexibility index (Phi) is 5.40. The quantitative estimate of drug-likeness (QED) is 0.798. The van der Waals surface area contributed by atoms with E-state index in [4.69, 9.17) is 5.73 Å². The van der Waals surface area contributed by atoms with Gasteiger partial charge in [-0.05, 0) is 78.1 Å². The minimum atomic E-state index is 0.516. The van der Waals surface area contributed by atoms with Crippen molar-refractivity contribution in [2.75, 3.05) is 6.54 Å². The molecule has 0 amide bonds. The third kappa shape index (κ3) is 4.62. The SMILES string of the molecule is Cc1cccc(CC(CN)Cc2ccc(I)cc2)c1. The van der Waals surface area contributed by atoms with Crippen molar-refractivity contribution in [3.63, 3.8) is 0 Å². The van der Waals surface area contributed by atoms with Crippen molar-refractivity contribution in [3.8, 4) is 0 Å². The van der Waals surface area contributed by atoms with Gasteiger partial charge in [0.25, 0.3) is 0 Å². The Labute approximate surface area is 129 Å². The third-order valence-corrected chi connectivity index (χ3v) is 4.10. The van der Waals surface area contributed by atoms with Crippen LogP contribution >= 0.6 is 22.6 Å². The van der Waals surface area contributed by atoms with Crippen LogP contribution in [0.5, 0.6) is 0 Å². The van der Waals surface area contributed by atoms with Crippen molar-refractivity contribution < 1.29 is 0 Å². The van der Waals surface area contributed by atoms with Crippen LogP contribution in [0.15, 0.2) is 48.5 Å². The van der Waals surface area contributed by atoms with E-state index < -0.39 is 0 Å². The Morgan fingerprint density at radius 3 is 2.32 bits per heavy atom. The molecule has 0 spiro atoms. The highest BCUT2D eigenvalue weighted by molar-refractivity contribution is 14.1. The lowest BCUT2D eigenvalue weighted by molar-refractivity contribution is 0.533. The molecular formula is C17H20IN. The van der Waals surface area contributed by atoms with Crippen LogP contribution in [0.25, 0.3) is 0 Å². The van der Waals surface area contributed by atoms with Gasteiger partial charge in [0.15, 0.2) is 0 Å².